The predicted molar refractivity (Wildman–Crippen MR) is 111 cm³/mol. The minimum atomic E-state index is 0. The third-order valence-electron chi connectivity index (χ3n) is 5.06. The summed E-state index contributed by atoms with van der Waals surface area (Å²) in [5, 5.41) is 6.40. The van der Waals surface area contributed by atoms with Crippen LogP contribution < -0.4 is 10.6 Å². The topological polar surface area (TPSA) is 56.7 Å². The van der Waals surface area contributed by atoms with Crippen molar-refractivity contribution in [2.24, 2.45) is 16.8 Å². The maximum absolute atomic E-state index is 11.9. The van der Waals surface area contributed by atoms with Gasteiger partial charge in [-0.3, -0.25) is 9.79 Å². The Morgan fingerprint density at radius 3 is 2.42 bits per heavy atom. The first-order valence-electron chi connectivity index (χ1n) is 9.49. The molecule has 1 aliphatic carbocycles. The standard InChI is InChI=1S/C18H34N4O.HI/c1-3-19-18(22-12-8-15(2)9-13-22)21-11-10-20-17(23)14-16-6-4-5-7-16;/h15-16H,3-14H2,1-2H3,(H,19,21)(H,20,23);1H. The Bertz CT molecular complexity index is 388. The normalized spacial score (nSPS) is 19.9. The highest BCUT2D eigenvalue weighted by molar-refractivity contribution is 14.0. The van der Waals surface area contributed by atoms with Crippen LogP contribution in [0.4, 0.5) is 0 Å². The molecule has 1 amide bonds. The second-order valence-corrected chi connectivity index (χ2v) is 7.11. The van der Waals surface area contributed by atoms with Crippen LogP contribution in [0.2, 0.25) is 0 Å². The van der Waals surface area contributed by atoms with Crippen LogP contribution in [0.3, 0.4) is 0 Å². The number of piperidine rings is 1. The van der Waals surface area contributed by atoms with E-state index in [1.807, 2.05) is 0 Å². The van der Waals surface area contributed by atoms with E-state index in [1.165, 1.54) is 38.5 Å². The van der Waals surface area contributed by atoms with Crippen molar-refractivity contribution >= 4 is 35.8 Å². The van der Waals surface area contributed by atoms with E-state index in [0.29, 0.717) is 25.4 Å². The fourth-order valence-electron chi connectivity index (χ4n) is 3.55. The number of nitrogens with zero attached hydrogens (tertiary/aromatic N) is 2. The monoisotopic (exact) mass is 450 g/mol. The van der Waals surface area contributed by atoms with Gasteiger partial charge in [-0.05, 0) is 44.4 Å². The van der Waals surface area contributed by atoms with Crippen molar-refractivity contribution in [3.8, 4) is 0 Å². The predicted octanol–water partition coefficient (Wildman–Crippen LogP) is 3.00. The highest BCUT2D eigenvalue weighted by atomic mass is 127. The van der Waals surface area contributed by atoms with Gasteiger partial charge in [0.15, 0.2) is 5.96 Å². The summed E-state index contributed by atoms with van der Waals surface area (Å²) in [5.74, 6) is 2.64. The number of aliphatic imine (C=N–C) groups is 1. The number of rotatable bonds is 6. The molecule has 140 valence electrons. The van der Waals surface area contributed by atoms with E-state index in [0.717, 1.165) is 31.5 Å². The molecule has 24 heavy (non-hydrogen) atoms. The Balaban J connectivity index is 0.00000288. The van der Waals surface area contributed by atoms with E-state index in [4.69, 9.17) is 0 Å². The average molecular weight is 450 g/mol. The van der Waals surface area contributed by atoms with Crippen LogP contribution >= 0.6 is 24.0 Å². The van der Waals surface area contributed by atoms with Gasteiger partial charge in [0.05, 0.1) is 6.54 Å². The molecule has 0 radical (unpaired) electrons. The lowest BCUT2D eigenvalue weighted by Crippen LogP contribution is -2.45. The van der Waals surface area contributed by atoms with Crippen LogP contribution in [0.25, 0.3) is 0 Å². The van der Waals surface area contributed by atoms with Gasteiger partial charge in [-0.15, -0.1) is 24.0 Å². The summed E-state index contributed by atoms with van der Waals surface area (Å²) in [5.41, 5.74) is 0. The first-order chi connectivity index (χ1) is 11.2. The van der Waals surface area contributed by atoms with Gasteiger partial charge in [-0.25, -0.2) is 0 Å². The molecule has 0 aromatic heterocycles. The Hall–Kier alpha value is -0.530. The number of hydrogen-bond acceptors (Lipinski definition) is 2. The van der Waals surface area contributed by atoms with Crippen molar-refractivity contribution in [1.29, 1.82) is 0 Å². The zero-order valence-corrected chi connectivity index (χ0v) is 17.7. The van der Waals surface area contributed by atoms with Crippen LogP contribution in [-0.4, -0.2) is 49.5 Å². The van der Waals surface area contributed by atoms with Crippen molar-refractivity contribution in [2.75, 3.05) is 32.7 Å². The third kappa shape index (κ3) is 7.57. The number of carbonyl (C=O) groups excluding carboxylic acids is 1. The molecule has 0 atom stereocenters. The minimum Gasteiger partial charge on any atom is -0.357 e. The molecule has 5 nitrogen and oxygen atoms in total. The number of amides is 1. The molecule has 0 aromatic carbocycles. The van der Waals surface area contributed by atoms with Crippen molar-refractivity contribution in [2.45, 2.75) is 58.8 Å². The van der Waals surface area contributed by atoms with Crippen molar-refractivity contribution in [3.63, 3.8) is 0 Å². The van der Waals surface area contributed by atoms with E-state index in [9.17, 15) is 4.79 Å². The molecular weight excluding hydrogens is 415 g/mol. The molecular formula is C18H35IN4O. The number of nitrogens with one attached hydrogen (secondary N) is 2. The number of guanidine groups is 1. The summed E-state index contributed by atoms with van der Waals surface area (Å²) < 4.78 is 0. The molecule has 0 aromatic rings. The van der Waals surface area contributed by atoms with E-state index in [2.05, 4.69) is 34.4 Å². The lowest BCUT2D eigenvalue weighted by molar-refractivity contribution is -0.121. The number of carbonyl (C=O) groups is 1. The minimum absolute atomic E-state index is 0. The zero-order chi connectivity index (χ0) is 16.5. The molecule has 1 saturated heterocycles. The second kappa shape index (κ2) is 11.9. The molecule has 1 saturated carbocycles. The average Bonchev–Trinajstić information content (AvgIpc) is 3.04. The van der Waals surface area contributed by atoms with Crippen molar-refractivity contribution < 1.29 is 4.79 Å². The molecule has 0 bridgehead atoms. The summed E-state index contributed by atoms with van der Waals surface area (Å²) in [6, 6.07) is 0. The molecule has 2 aliphatic rings. The molecule has 0 spiro atoms. The van der Waals surface area contributed by atoms with Gasteiger partial charge in [-0.1, -0.05) is 19.8 Å². The molecule has 1 aliphatic heterocycles. The molecule has 2 N–H and O–H groups in total. The molecule has 0 unspecified atom stereocenters. The first kappa shape index (κ1) is 21.5. The van der Waals surface area contributed by atoms with Gasteiger partial charge in [0.1, 0.15) is 0 Å². The van der Waals surface area contributed by atoms with E-state index in [-0.39, 0.29) is 29.9 Å². The van der Waals surface area contributed by atoms with E-state index < -0.39 is 0 Å². The number of likely N-dealkylation sites (tertiary alicyclic amines) is 1. The SMILES string of the molecule is CCNC(=NCCNC(=O)CC1CCCC1)N1CCC(C)CC1.I. The second-order valence-electron chi connectivity index (χ2n) is 7.11. The van der Waals surface area contributed by atoms with Crippen LogP contribution in [0.5, 0.6) is 0 Å². The maximum atomic E-state index is 11.9. The first-order valence-corrected chi connectivity index (χ1v) is 9.49. The van der Waals surface area contributed by atoms with Gasteiger partial charge in [0.25, 0.3) is 0 Å². The smallest absolute Gasteiger partial charge is 0.220 e. The van der Waals surface area contributed by atoms with Crippen LogP contribution in [-0.2, 0) is 4.79 Å². The number of hydrogen-bond donors (Lipinski definition) is 2. The largest absolute Gasteiger partial charge is 0.357 e. The van der Waals surface area contributed by atoms with Gasteiger partial charge < -0.3 is 15.5 Å². The molecule has 2 fully saturated rings. The van der Waals surface area contributed by atoms with Gasteiger partial charge in [0, 0.05) is 32.6 Å². The summed E-state index contributed by atoms with van der Waals surface area (Å²) in [6.45, 7) is 8.78. The van der Waals surface area contributed by atoms with Crippen LogP contribution in [0.1, 0.15) is 58.8 Å². The fourth-order valence-corrected chi connectivity index (χ4v) is 3.55. The van der Waals surface area contributed by atoms with Gasteiger partial charge in [0.2, 0.25) is 5.91 Å². The molecule has 6 heteroatoms. The molecule has 1 heterocycles. The highest BCUT2D eigenvalue weighted by Crippen LogP contribution is 2.27. The third-order valence-corrected chi connectivity index (χ3v) is 5.06. The highest BCUT2D eigenvalue weighted by Gasteiger charge is 2.19. The Morgan fingerprint density at radius 1 is 1.12 bits per heavy atom. The van der Waals surface area contributed by atoms with Gasteiger partial charge >= 0.3 is 0 Å². The fraction of sp³-hybridized carbons (Fsp3) is 0.889. The summed E-state index contributed by atoms with van der Waals surface area (Å²) in [6.07, 6.45) is 8.22. The molecule has 2 rings (SSSR count). The Morgan fingerprint density at radius 2 is 1.79 bits per heavy atom. The quantitative estimate of drug-likeness (QED) is 0.283. The summed E-state index contributed by atoms with van der Waals surface area (Å²) >= 11 is 0. The van der Waals surface area contributed by atoms with Crippen LogP contribution in [0.15, 0.2) is 4.99 Å². The summed E-state index contributed by atoms with van der Waals surface area (Å²) in [4.78, 5) is 19.0. The number of halogens is 1. The maximum Gasteiger partial charge on any atom is 0.220 e. The van der Waals surface area contributed by atoms with E-state index in [1.54, 1.807) is 0 Å². The summed E-state index contributed by atoms with van der Waals surface area (Å²) in [7, 11) is 0. The van der Waals surface area contributed by atoms with Crippen molar-refractivity contribution in [1.82, 2.24) is 15.5 Å². The zero-order valence-electron chi connectivity index (χ0n) is 15.4. The van der Waals surface area contributed by atoms with E-state index >= 15 is 0 Å². The Kier molecular flexibility index (Phi) is 10.7. The van der Waals surface area contributed by atoms with Crippen molar-refractivity contribution in [3.05, 3.63) is 0 Å². The lowest BCUT2D eigenvalue weighted by atomic mass is 10.00. The lowest BCUT2D eigenvalue weighted by Gasteiger charge is -2.33. The van der Waals surface area contributed by atoms with Crippen LogP contribution in [0, 0.1) is 11.8 Å². The van der Waals surface area contributed by atoms with Gasteiger partial charge in [-0.2, -0.15) is 0 Å². The Labute approximate surface area is 164 Å².